The molecule has 1 fully saturated rings. The first kappa shape index (κ1) is 23.7. The van der Waals surface area contributed by atoms with Crippen LogP contribution < -0.4 is 19.5 Å². The zero-order chi connectivity index (χ0) is 23.3. The summed E-state index contributed by atoms with van der Waals surface area (Å²) in [6.45, 7) is 4.29. The Morgan fingerprint density at radius 3 is 2.58 bits per heavy atom. The van der Waals surface area contributed by atoms with Gasteiger partial charge in [-0.3, -0.25) is 4.79 Å². The Morgan fingerprint density at radius 1 is 1.06 bits per heavy atom. The Bertz CT molecular complexity index is 1100. The smallest absolute Gasteiger partial charge is 0.243 e. The van der Waals surface area contributed by atoms with Gasteiger partial charge in [0.2, 0.25) is 15.9 Å². The average molecular weight is 493 g/mol. The van der Waals surface area contributed by atoms with Crippen molar-refractivity contribution in [2.24, 2.45) is 0 Å². The van der Waals surface area contributed by atoms with Gasteiger partial charge in [0.05, 0.1) is 22.9 Å². The van der Waals surface area contributed by atoms with E-state index >= 15 is 0 Å². The number of fused-ring (bicyclic) bond motifs is 1. The Hall–Kier alpha value is -2.43. The summed E-state index contributed by atoms with van der Waals surface area (Å²) < 4.78 is 44.4. The SMILES string of the molecule is CCOc1ccc(S(=O)(=O)N2CCCCC2)cc1NC(=O)CSc1ccc2c(c1)OCCO2. The van der Waals surface area contributed by atoms with Crippen molar-refractivity contribution < 1.29 is 27.4 Å². The van der Waals surface area contributed by atoms with E-state index < -0.39 is 10.0 Å². The fraction of sp³-hybridized carbons (Fsp3) is 0.435. The molecule has 8 nitrogen and oxygen atoms in total. The molecule has 0 atom stereocenters. The van der Waals surface area contributed by atoms with Gasteiger partial charge in [0.1, 0.15) is 19.0 Å². The quantitative estimate of drug-likeness (QED) is 0.561. The van der Waals surface area contributed by atoms with E-state index in [-0.39, 0.29) is 16.6 Å². The van der Waals surface area contributed by atoms with Crippen LogP contribution in [0, 0.1) is 0 Å². The maximum atomic E-state index is 13.1. The number of thioether (sulfide) groups is 1. The zero-order valence-corrected chi connectivity index (χ0v) is 20.2. The van der Waals surface area contributed by atoms with Crippen molar-refractivity contribution in [2.75, 3.05) is 44.0 Å². The molecule has 2 aromatic carbocycles. The number of ether oxygens (including phenoxy) is 3. The zero-order valence-electron chi connectivity index (χ0n) is 18.5. The van der Waals surface area contributed by atoms with Gasteiger partial charge in [-0.15, -0.1) is 11.8 Å². The van der Waals surface area contributed by atoms with Gasteiger partial charge in [0.15, 0.2) is 11.5 Å². The van der Waals surface area contributed by atoms with Gasteiger partial charge < -0.3 is 19.5 Å². The Balaban J connectivity index is 1.46. The van der Waals surface area contributed by atoms with Gasteiger partial charge in [0, 0.05) is 18.0 Å². The summed E-state index contributed by atoms with van der Waals surface area (Å²) >= 11 is 1.36. The third-order valence-electron chi connectivity index (χ3n) is 5.36. The minimum atomic E-state index is -3.62. The molecule has 0 spiro atoms. The van der Waals surface area contributed by atoms with E-state index in [1.165, 1.54) is 28.2 Å². The van der Waals surface area contributed by atoms with Crippen LogP contribution in [-0.2, 0) is 14.8 Å². The fourth-order valence-electron chi connectivity index (χ4n) is 3.75. The van der Waals surface area contributed by atoms with E-state index in [9.17, 15) is 13.2 Å². The number of carbonyl (C=O) groups is 1. The number of anilines is 1. The van der Waals surface area contributed by atoms with Crippen LogP contribution >= 0.6 is 11.8 Å². The second-order valence-electron chi connectivity index (χ2n) is 7.70. The largest absolute Gasteiger partial charge is 0.492 e. The predicted octanol–water partition coefficient (Wildman–Crippen LogP) is 3.76. The summed E-state index contributed by atoms with van der Waals surface area (Å²) in [6, 6.07) is 10.2. The molecule has 4 rings (SSSR count). The van der Waals surface area contributed by atoms with E-state index in [0.717, 1.165) is 24.2 Å². The summed E-state index contributed by atoms with van der Waals surface area (Å²) in [5.74, 6) is 1.69. The first-order valence-electron chi connectivity index (χ1n) is 11.1. The molecule has 2 heterocycles. The summed E-state index contributed by atoms with van der Waals surface area (Å²) in [5.41, 5.74) is 0.350. The third kappa shape index (κ3) is 5.74. The summed E-state index contributed by atoms with van der Waals surface area (Å²) in [7, 11) is -3.62. The third-order valence-corrected chi connectivity index (χ3v) is 8.25. The number of carbonyl (C=O) groups excluding carboxylic acids is 1. The van der Waals surface area contributed by atoms with Crippen molar-refractivity contribution in [3.8, 4) is 17.2 Å². The molecule has 10 heteroatoms. The van der Waals surface area contributed by atoms with Gasteiger partial charge in [-0.1, -0.05) is 6.42 Å². The Morgan fingerprint density at radius 2 is 1.82 bits per heavy atom. The van der Waals surface area contributed by atoms with Gasteiger partial charge in [-0.05, 0) is 56.2 Å². The lowest BCUT2D eigenvalue weighted by molar-refractivity contribution is -0.113. The van der Waals surface area contributed by atoms with Crippen molar-refractivity contribution in [3.63, 3.8) is 0 Å². The lowest BCUT2D eigenvalue weighted by Crippen LogP contribution is -2.35. The molecule has 1 N–H and O–H groups in total. The minimum absolute atomic E-state index is 0.147. The van der Waals surface area contributed by atoms with Gasteiger partial charge in [-0.2, -0.15) is 4.31 Å². The van der Waals surface area contributed by atoms with Crippen LogP contribution in [0.2, 0.25) is 0 Å². The average Bonchev–Trinajstić information content (AvgIpc) is 2.84. The molecule has 33 heavy (non-hydrogen) atoms. The Labute approximate surface area is 198 Å². The fourth-order valence-corrected chi connectivity index (χ4v) is 6.02. The van der Waals surface area contributed by atoms with E-state index in [4.69, 9.17) is 14.2 Å². The highest BCUT2D eigenvalue weighted by atomic mass is 32.2. The van der Waals surface area contributed by atoms with E-state index in [2.05, 4.69) is 5.32 Å². The maximum absolute atomic E-state index is 13.1. The van der Waals surface area contributed by atoms with Gasteiger partial charge in [-0.25, -0.2) is 8.42 Å². The van der Waals surface area contributed by atoms with Crippen molar-refractivity contribution in [1.82, 2.24) is 4.31 Å². The molecule has 2 aliphatic heterocycles. The number of hydrogen-bond donors (Lipinski definition) is 1. The van der Waals surface area contributed by atoms with Crippen LogP contribution in [0.3, 0.4) is 0 Å². The molecule has 0 radical (unpaired) electrons. The molecular formula is C23H28N2O6S2. The van der Waals surface area contributed by atoms with E-state index in [1.807, 2.05) is 25.1 Å². The first-order chi connectivity index (χ1) is 16.0. The number of hydrogen-bond acceptors (Lipinski definition) is 7. The van der Waals surface area contributed by atoms with E-state index in [1.54, 1.807) is 6.07 Å². The Kier molecular flexibility index (Phi) is 7.67. The lowest BCUT2D eigenvalue weighted by atomic mass is 10.2. The molecule has 2 aromatic rings. The molecular weight excluding hydrogens is 464 g/mol. The van der Waals surface area contributed by atoms with Crippen LogP contribution in [0.5, 0.6) is 17.2 Å². The molecule has 0 saturated carbocycles. The lowest BCUT2D eigenvalue weighted by Gasteiger charge is -2.26. The molecule has 0 unspecified atom stereocenters. The van der Waals surface area contributed by atoms with Crippen LogP contribution in [0.25, 0.3) is 0 Å². The van der Waals surface area contributed by atoms with Crippen molar-refractivity contribution in [1.29, 1.82) is 0 Å². The standard InChI is InChI=1S/C23H28N2O6S2/c1-2-29-20-9-7-18(33(27,28)25-10-4-3-5-11-25)15-19(20)24-23(26)16-32-17-6-8-21-22(14-17)31-13-12-30-21/h6-9,14-15H,2-5,10-13,16H2,1H3,(H,24,26). The van der Waals surface area contributed by atoms with E-state index in [0.29, 0.717) is 55.8 Å². The topological polar surface area (TPSA) is 94.2 Å². The number of benzene rings is 2. The van der Waals surface area contributed by atoms with Crippen molar-refractivity contribution in [3.05, 3.63) is 36.4 Å². The minimum Gasteiger partial charge on any atom is -0.492 e. The van der Waals surface area contributed by atoms with Crippen molar-refractivity contribution in [2.45, 2.75) is 36.0 Å². The highest BCUT2D eigenvalue weighted by Crippen LogP contribution is 2.35. The molecule has 1 saturated heterocycles. The van der Waals surface area contributed by atoms with Crippen LogP contribution in [0.1, 0.15) is 26.2 Å². The van der Waals surface area contributed by atoms with Crippen molar-refractivity contribution >= 4 is 33.4 Å². The number of sulfonamides is 1. The number of amides is 1. The normalized spacial score (nSPS) is 16.3. The van der Waals surface area contributed by atoms with Crippen LogP contribution in [-0.4, -0.2) is 57.3 Å². The predicted molar refractivity (Wildman–Crippen MR) is 127 cm³/mol. The van der Waals surface area contributed by atoms with Crippen LogP contribution in [0.15, 0.2) is 46.2 Å². The molecule has 2 aliphatic rings. The summed E-state index contributed by atoms with van der Waals surface area (Å²) in [4.78, 5) is 13.7. The number of rotatable bonds is 8. The molecule has 0 aromatic heterocycles. The maximum Gasteiger partial charge on any atom is 0.243 e. The highest BCUT2D eigenvalue weighted by molar-refractivity contribution is 8.00. The molecule has 0 aliphatic carbocycles. The second kappa shape index (κ2) is 10.7. The number of nitrogens with one attached hydrogen (secondary N) is 1. The number of nitrogens with zero attached hydrogens (tertiary/aromatic N) is 1. The number of piperidine rings is 1. The molecule has 0 bridgehead atoms. The first-order valence-corrected chi connectivity index (χ1v) is 13.5. The van der Waals surface area contributed by atoms with Gasteiger partial charge >= 0.3 is 0 Å². The highest BCUT2D eigenvalue weighted by Gasteiger charge is 2.27. The van der Waals surface area contributed by atoms with Gasteiger partial charge in [0.25, 0.3) is 0 Å². The van der Waals surface area contributed by atoms with Crippen LogP contribution in [0.4, 0.5) is 5.69 Å². The summed E-state index contributed by atoms with van der Waals surface area (Å²) in [5, 5.41) is 2.82. The monoisotopic (exact) mass is 492 g/mol. The molecule has 178 valence electrons. The summed E-state index contributed by atoms with van der Waals surface area (Å²) in [6.07, 6.45) is 2.76. The second-order valence-corrected chi connectivity index (χ2v) is 10.7. The molecule has 1 amide bonds.